The number of carbonyl (C=O) groups excluding carboxylic acids is 3. The van der Waals surface area contributed by atoms with Gasteiger partial charge in [0.2, 0.25) is 12.3 Å². The maximum Gasteiger partial charge on any atom is 0.323 e. The van der Waals surface area contributed by atoms with Crippen molar-refractivity contribution >= 4 is 24.0 Å². The second-order valence-corrected chi connectivity index (χ2v) is 8.84. The third-order valence-electron chi connectivity index (χ3n) is 6.02. The number of ether oxygens (including phenoxy) is 1. The van der Waals surface area contributed by atoms with E-state index in [0.717, 1.165) is 67.7 Å². The highest BCUT2D eigenvalue weighted by Crippen LogP contribution is 2.29. The van der Waals surface area contributed by atoms with Gasteiger partial charge in [-0.05, 0) is 74.6 Å². The van der Waals surface area contributed by atoms with Gasteiger partial charge in [0.1, 0.15) is 0 Å². The predicted octanol–water partition coefficient (Wildman–Crippen LogP) is 4.13. The van der Waals surface area contributed by atoms with Crippen LogP contribution in [0, 0.1) is 17.5 Å². The van der Waals surface area contributed by atoms with Crippen molar-refractivity contribution in [2.75, 3.05) is 51.8 Å². The monoisotopic (exact) mass is 536 g/mol. The zero-order chi connectivity index (χ0) is 27.9. The fourth-order valence-electron chi connectivity index (χ4n) is 4.03. The molecule has 38 heavy (non-hydrogen) atoms. The lowest BCUT2D eigenvalue weighted by molar-refractivity contribution is -0.116. The molecule has 8 nitrogen and oxygen atoms in total. The number of urea groups is 1. The summed E-state index contributed by atoms with van der Waals surface area (Å²) >= 11 is 0. The van der Waals surface area contributed by atoms with Gasteiger partial charge in [0.25, 0.3) is 0 Å². The Balaban J connectivity index is 0.000000474. The van der Waals surface area contributed by atoms with E-state index in [2.05, 4.69) is 27.7 Å². The molecule has 1 heterocycles. The fourth-order valence-corrected chi connectivity index (χ4v) is 4.03. The number of methoxy groups -OCH3 is 1. The van der Waals surface area contributed by atoms with E-state index in [0.29, 0.717) is 25.5 Å². The Morgan fingerprint density at radius 3 is 2.34 bits per heavy atom. The summed E-state index contributed by atoms with van der Waals surface area (Å²) in [5.74, 6) is -3.29. The van der Waals surface area contributed by atoms with Crippen LogP contribution in [0.1, 0.15) is 37.7 Å². The minimum absolute atomic E-state index is 0.0565. The molecule has 1 fully saturated rings. The molecule has 4 amide bonds. The van der Waals surface area contributed by atoms with E-state index < -0.39 is 17.5 Å². The number of nitrogens with one attached hydrogen (secondary N) is 2. The standard InChI is InChI=1S/C21H32N4O4.C6H3F3/c1-17(27)23-20-6-3-5-19(15-20)18-7-11-24(12-8-18)10-4-9-22-21(28)25(16-26)13-14-29-2;7-4-2-1-3-5(8)6(4)9/h3,5-6,15-16,18H,4,7-14H2,1-2H3,(H,22,28)(H,23,27);1-3H. The van der Waals surface area contributed by atoms with Crippen LogP contribution in [0.25, 0.3) is 0 Å². The molecule has 0 atom stereocenters. The first kappa shape index (κ1) is 30.8. The average molecular weight is 537 g/mol. The summed E-state index contributed by atoms with van der Waals surface area (Å²) in [4.78, 5) is 37.6. The number of anilines is 1. The molecule has 1 saturated heterocycles. The number of piperidine rings is 1. The minimum atomic E-state index is -1.42. The van der Waals surface area contributed by atoms with Crippen LogP contribution in [-0.2, 0) is 14.3 Å². The van der Waals surface area contributed by atoms with Gasteiger partial charge < -0.3 is 20.3 Å². The Morgan fingerprint density at radius 1 is 1.11 bits per heavy atom. The molecule has 2 aromatic carbocycles. The maximum atomic E-state index is 12.0. The smallest absolute Gasteiger partial charge is 0.323 e. The van der Waals surface area contributed by atoms with Crippen LogP contribution in [0.4, 0.5) is 23.7 Å². The van der Waals surface area contributed by atoms with Crippen molar-refractivity contribution in [3.05, 3.63) is 65.5 Å². The molecule has 0 saturated carbocycles. The Labute approximate surface area is 221 Å². The van der Waals surface area contributed by atoms with E-state index in [4.69, 9.17) is 4.74 Å². The molecular formula is C27H35F3N4O4. The number of rotatable bonds is 10. The first-order chi connectivity index (χ1) is 18.2. The van der Waals surface area contributed by atoms with E-state index >= 15 is 0 Å². The van der Waals surface area contributed by atoms with Crippen molar-refractivity contribution in [1.82, 2.24) is 15.1 Å². The molecule has 0 aromatic heterocycles. The van der Waals surface area contributed by atoms with Gasteiger partial charge in [-0.15, -0.1) is 0 Å². The molecule has 0 spiro atoms. The normalized spacial score (nSPS) is 13.7. The van der Waals surface area contributed by atoms with Crippen LogP contribution in [0.5, 0.6) is 0 Å². The fraction of sp³-hybridized carbons (Fsp3) is 0.444. The molecule has 2 N–H and O–H groups in total. The van der Waals surface area contributed by atoms with Gasteiger partial charge in [0, 0.05) is 26.3 Å². The SMILES string of the molecule is COCCN(C=O)C(=O)NCCCN1CCC(c2cccc(NC(C)=O)c2)CC1.Fc1cccc(F)c1F. The van der Waals surface area contributed by atoms with Gasteiger partial charge in [-0.25, -0.2) is 18.0 Å². The molecule has 1 aliphatic rings. The van der Waals surface area contributed by atoms with Crippen molar-refractivity contribution in [1.29, 1.82) is 0 Å². The highest BCUT2D eigenvalue weighted by molar-refractivity contribution is 5.88. The van der Waals surface area contributed by atoms with Crippen molar-refractivity contribution in [3.8, 4) is 0 Å². The molecule has 11 heteroatoms. The first-order valence-electron chi connectivity index (χ1n) is 12.4. The lowest BCUT2D eigenvalue weighted by Crippen LogP contribution is -2.42. The number of halogens is 3. The van der Waals surface area contributed by atoms with Gasteiger partial charge in [-0.2, -0.15) is 0 Å². The summed E-state index contributed by atoms with van der Waals surface area (Å²) in [5.41, 5.74) is 2.12. The third-order valence-corrected chi connectivity index (χ3v) is 6.02. The quantitative estimate of drug-likeness (QED) is 0.271. The zero-order valence-corrected chi connectivity index (χ0v) is 21.7. The molecule has 1 aliphatic heterocycles. The van der Waals surface area contributed by atoms with E-state index in [1.807, 2.05) is 12.1 Å². The second-order valence-electron chi connectivity index (χ2n) is 8.84. The molecule has 0 bridgehead atoms. The highest BCUT2D eigenvalue weighted by atomic mass is 19.2. The summed E-state index contributed by atoms with van der Waals surface area (Å²) in [6.07, 6.45) is 3.52. The van der Waals surface area contributed by atoms with Crippen molar-refractivity contribution in [3.63, 3.8) is 0 Å². The number of benzene rings is 2. The van der Waals surface area contributed by atoms with Gasteiger partial charge in [0.15, 0.2) is 17.5 Å². The molecular weight excluding hydrogens is 501 g/mol. The van der Waals surface area contributed by atoms with Crippen LogP contribution < -0.4 is 10.6 Å². The lowest BCUT2D eigenvalue weighted by atomic mass is 9.89. The van der Waals surface area contributed by atoms with Gasteiger partial charge >= 0.3 is 6.03 Å². The minimum Gasteiger partial charge on any atom is -0.383 e. The van der Waals surface area contributed by atoms with Gasteiger partial charge in [-0.3, -0.25) is 14.5 Å². The van der Waals surface area contributed by atoms with Crippen molar-refractivity contribution < 1.29 is 32.3 Å². The largest absolute Gasteiger partial charge is 0.383 e. The Hall–Kier alpha value is -3.44. The topological polar surface area (TPSA) is 91.0 Å². The summed E-state index contributed by atoms with van der Waals surface area (Å²) < 4.78 is 40.8. The van der Waals surface area contributed by atoms with Crippen molar-refractivity contribution in [2.24, 2.45) is 0 Å². The van der Waals surface area contributed by atoms with Crippen LogP contribution in [0.3, 0.4) is 0 Å². The van der Waals surface area contributed by atoms with Crippen LogP contribution in [-0.4, -0.2) is 74.6 Å². The van der Waals surface area contributed by atoms with Gasteiger partial charge in [0.05, 0.1) is 13.2 Å². The first-order valence-corrected chi connectivity index (χ1v) is 12.4. The molecule has 0 aliphatic carbocycles. The summed E-state index contributed by atoms with van der Waals surface area (Å²) in [6, 6.07) is 10.5. The third kappa shape index (κ3) is 10.5. The lowest BCUT2D eigenvalue weighted by Gasteiger charge is -2.32. The molecule has 0 unspecified atom stereocenters. The number of hydrogen-bond donors (Lipinski definition) is 2. The van der Waals surface area contributed by atoms with Crippen LogP contribution >= 0.6 is 0 Å². The van der Waals surface area contributed by atoms with E-state index in [1.165, 1.54) is 19.6 Å². The number of amides is 4. The van der Waals surface area contributed by atoms with E-state index in [1.54, 1.807) is 0 Å². The summed E-state index contributed by atoms with van der Waals surface area (Å²) in [5, 5.41) is 5.62. The Kier molecular flexibility index (Phi) is 13.3. The number of hydrogen-bond acceptors (Lipinski definition) is 5. The maximum absolute atomic E-state index is 12.0. The van der Waals surface area contributed by atoms with E-state index in [9.17, 15) is 27.6 Å². The molecule has 3 rings (SSSR count). The summed E-state index contributed by atoms with van der Waals surface area (Å²) in [6.45, 7) is 5.57. The molecule has 2 aromatic rings. The number of likely N-dealkylation sites (tertiary alicyclic amines) is 1. The Bertz CT molecular complexity index is 1030. The highest BCUT2D eigenvalue weighted by Gasteiger charge is 2.20. The van der Waals surface area contributed by atoms with Crippen molar-refractivity contribution in [2.45, 2.75) is 32.1 Å². The van der Waals surface area contributed by atoms with Crippen LogP contribution in [0.15, 0.2) is 42.5 Å². The predicted molar refractivity (Wildman–Crippen MR) is 138 cm³/mol. The number of nitrogens with zero attached hydrogens (tertiary/aromatic N) is 2. The van der Waals surface area contributed by atoms with Crippen LogP contribution in [0.2, 0.25) is 0 Å². The number of carbonyl (C=O) groups is 3. The number of imide groups is 1. The molecule has 208 valence electrons. The average Bonchev–Trinajstić information content (AvgIpc) is 2.90. The Morgan fingerprint density at radius 2 is 1.76 bits per heavy atom. The summed E-state index contributed by atoms with van der Waals surface area (Å²) in [7, 11) is 1.53. The van der Waals surface area contributed by atoms with Gasteiger partial charge in [-0.1, -0.05) is 18.2 Å². The second kappa shape index (κ2) is 16.4. The zero-order valence-electron chi connectivity index (χ0n) is 21.7. The molecule has 0 radical (unpaired) electrons. The van der Waals surface area contributed by atoms with E-state index in [-0.39, 0.29) is 18.5 Å².